The minimum absolute atomic E-state index is 0.113. The molecule has 0 saturated heterocycles. The second-order valence-electron chi connectivity index (χ2n) is 6.55. The first-order chi connectivity index (χ1) is 15.7. The minimum Gasteiger partial charge on any atom is -0.453 e. The van der Waals surface area contributed by atoms with Crippen molar-refractivity contribution in [2.75, 3.05) is 12.9 Å². The summed E-state index contributed by atoms with van der Waals surface area (Å²) in [4.78, 5) is 27.4. The van der Waals surface area contributed by atoms with Crippen LogP contribution in [-0.4, -0.2) is 44.8 Å². The van der Waals surface area contributed by atoms with E-state index in [0.29, 0.717) is 11.4 Å². The van der Waals surface area contributed by atoms with E-state index in [0.717, 1.165) is 15.3 Å². The van der Waals surface area contributed by atoms with Gasteiger partial charge >= 0.3 is 5.97 Å². The van der Waals surface area contributed by atoms with Crippen LogP contribution >= 0.6 is 23.1 Å². The number of carbonyl (C=O) groups is 2. The molecule has 0 atom stereocenters. The summed E-state index contributed by atoms with van der Waals surface area (Å²) in [5.41, 5.74) is 1.33. The molecular weight excluding hydrogens is 444 g/mol. The quantitative estimate of drug-likeness (QED) is 0.164. The summed E-state index contributed by atoms with van der Waals surface area (Å²) in [5.74, 6) is -0.595. The van der Waals surface area contributed by atoms with E-state index in [1.807, 2.05) is 66.2 Å². The Balaban J connectivity index is 1.59. The fourth-order valence-corrected chi connectivity index (χ4v) is 3.96. The Morgan fingerprint density at radius 2 is 1.84 bits per heavy atom. The Morgan fingerprint density at radius 3 is 2.53 bits per heavy atom. The van der Waals surface area contributed by atoms with Gasteiger partial charge in [0.05, 0.1) is 0 Å². The molecule has 7 nitrogen and oxygen atoms in total. The Morgan fingerprint density at radius 1 is 1.06 bits per heavy atom. The van der Waals surface area contributed by atoms with Crippen molar-refractivity contribution in [1.82, 2.24) is 20.2 Å². The molecule has 0 bridgehead atoms. The fourth-order valence-electron chi connectivity index (χ4n) is 2.90. The predicted molar refractivity (Wildman–Crippen MR) is 125 cm³/mol. The molecule has 0 aliphatic rings. The maximum atomic E-state index is 13.0. The van der Waals surface area contributed by atoms with Gasteiger partial charge in [0.2, 0.25) is 0 Å². The number of benzene rings is 2. The third-order valence-corrected chi connectivity index (χ3v) is 6.07. The largest absolute Gasteiger partial charge is 0.453 e. The molecule has 0 spiro atoms. The van der Waals surface area contributed by atoms with Gasteiger partial charge in [-0.2, -0.15) is 4.68 Å². The Bertz CT molecular complexity index is 1230. The van der Waals surface area contributed by atoms with Crippen LogP contribution in [0.1, 0.15) is 15.2 Å². The number of ketones is 1. The van der Waals surface area contributed by atoms with Crippen molar-refractivity contribution in [3.63, 3.8) is 0 Å². The minimum atomic E-state index is -0.697. The number of hydrogen-bond donors (Lipinski definition) is 0. The van der Waals surface area contributed by atoms with Gasteiger partial charge in [0, 0.05) is 20.9 Å². The summed E-state index contributed by atoms with van der Waals surface area (Å²) in [6.45, 7) is -0.387. The van der Waals surface area contributed by atoms with Crippen LogP contribution in [0.4, 0.5) is 0 Å². The molecule has 0 radical (unpaired) electrons. The average Bonchev–Trinajstić information content (AvgIpc) is 3.53. The normalized spacial score (nSPS) is 11.3. The molecule has 4 rings (SSSR count). The molecule has 0 N–H and O–H groups in total. The number of rotatable bonds is 8. The molecule has 0 saturated carbocycles. The van der Waals surface area contributed by atoms with Gasteiger partial charge in [-0.15, -0.1) is 28.2 Å². The van der Waals surface area contributed by atoms with Gasteiger partial charge in [-0.3, -0.25) is 4.79 Å². The molecule has 32 heavy (non-hydrogen) atoms. The van der Waals surface area contributed by atoms with Gasteiger partial charge in [0.25, 0.3) is 0 Å². The van der Waals surface area contributed by atoms with E-state index in [-0.39, 0.29) is 18.1 Å². The topological polar surface area (TPSA) is 87.0 Å². The Hall–Kier alpha value is -3.56. The Kier molecular flexibility index (Phi) is 6.88. The molecule has 0 aliphatic heterocycles. The molecule has 160 valence electrons. The predicted octanol–water partition coefficient (Wildman–Crippen LogP) is 4.55. The van der Waals surface area contributed by atoms with Gasteiger partial charge in [0.1, 0.15) is 0 Å². The Labute approximate surface area is 192 Å². The molecule has 2 aromatic heterocycles. The van der Waals surface area contributed by atoms with Crippen LogP contribution in [0.15, 0.2) is 77.0 Å². The van der Waals surface area contributed by atoms with Crippen LogP contribution in [0.2, 0.25) is 0 Å². The molecule has 0 amide bonds. The molecule has 4 aromatic rings. The van der Waals surface area contributed by atoms with E-state index in [1.165, 1.54) is 16.0 Å². The van der Waals surface area contributed by atoms with E-state index >= 15 is 0 Å². The second-order valence-corrected chi connectivity index (χ2v) is 8.41. The summed E-state index contributed by atoms with van der Waals surface area (Å²) in [6.07, 6.45) is 3.61. The van der Waals surface area contributed by atoms with Gasteiger partial charge < -0.3 is 4.74 Å². The van der Waals surface area contributed by atoms with Crippen LogP contribution in [0, 0.1) is 0 Å². The highest BCUT2D eigenvalue weighted by Crippen LogP contribution is 2.23. The molecular formula is C23H18N4O3S2. The van der Waals surface area contributed by atoms with Crippen LogP contribution in [0.25, 0.3) is 23.2 Å². The number of aromatic nitrogens is 4. The van der Waals surface area contributed by atoms with E-state index in [4.69, 9.17) is 4.74 Å². The lowest BCUT2D eigenvalue weighted by molar-refractivity contribution is -0.136. The summed E-state index contributed by atoms with van der Waals surface area (Å²) in [5, 5.41) is 13.7. The highest BCUT2D eigenvalue weighted by Gasteiger charge is 2.22. The molecule has 2 aromatic carbocycles. The number of thiophene rings is 1. The summed E-state index contributed by atoms with van der Waals surface area (Å²) in [7, 11) is 0. The number of carbonyl (C=O) groups excluding carboxylic acids is 2. The molecule has 0 aliphatic carbocycles. The first-order valence-electron chi connectivity index (χ1n) is 9.59. The monoisotopic (exact) mass is 462 g/mol. The lowest BCUT2D eigenvalue weighted by Gasteiger charge is -2.10. The van der Waals surface area contributed by atoms with E-state index in [2.05, 4.69) is 15.5 Å². The van der Waals surface area contributed by atoms with Crippen molar-refractivity contribution in [3.05, 3.63) is 82.6 Å². The number of tetrazole rings is 1. The van der Waals surface area contributed by atoms with Crippen molar-refractivity contribution in [2.45, 2.75) is 4.90 Å². The SMILES string of the molecule is CSc1ccc(C(=O)COC(=O)/C(=C/c2cccs2)n2nnnc2-c2ccccc2)cc1. The van der Waals surface area contributed by atoms with Crippen LogP contribution < -0.4 is 0 Å². The zero-order valence-corrected chi connectivity index (χ0v) is 18.7. The zero-order chi connectivity index (χ0) is 22.3. The van der Waals surface area contributed by atoms with Crippen LogP contribution in [-0.2, 0) is 9.53 Å². The summed E-state index contributed by atoms with van der Waals surface area (Å²) >= 11 is 3.04. The maximum absolute atomic E-state index is 13.0. The van der Waals surface area contributed by atoms with Crippen molar-refractivity contribution < 1.29 is 14.3 Å². The first-order valence-corrected chi connectivity index (χ1v) is 11.7. The highest BCUT2D eigenvalue weighted by molar-refractivity contribution is 7.98. The third-order valence-electron chi connectivity index (χ3n) is 4.51. The highest BCUT2D eigenvalue weighted by atomic mass is 32.2. The van der Waals surface area contributed by atoms with Crippen LogP contribution in [0.5, 0.6) is 0 Å². The number of hydrogen-bond acceptors (Lipinski definition) is 8. The van der Waals surface area contributed by atoms with Gasteiger partial charge in [-0.1, -0.05) is 48.5 Å². The first kappa shape index (κ1) is 21.7. The lowest BCUT2D eigenvalue weighted by Crippen LogP contribution is -2.19. The van der Waals surface area contributed by atoms with E-state index in [9.17, 15) is 9.59 Å². The fraction of sp³-hybridized carbons (Fsp3) is 0.0870. The molecule has 2 heterocycles. The van der Waals surface area contributed by atoms with Crippen molar-refractivity contribution in [3.8, 4) is 11.4 Å². The average molecular weight is 463 g/mol. The van der Waals surface area contributed by atoms with Gasteiger partial charge in [0.15, 0.2) is 23.9 Å². The van der Waals surface area contributed by atoms with Gasteiger partial charge in [-0.25, -0.2) is 4.79 Å². The molecule has 9 heteroatoms. The van der Waals surface area contributed by atoms with Crippen molar-refractivity contribution in [1.29, 1.82) is 0 Å². The number of ether oxygens (including phenoxy) is 1. The van der Waals surface area contributed by atoms with E-state index in [1.54, 1.807) is 30.0 Å². The molecule has 0 fully saturated rings. The van der Waals surface area contributed by atoms with Crippen molar-refractivity contribution in [2.24, 2.45) is 0 Å². The number of Topliss-reactive ketones (excluding diaryl/α,β-unsaturated/α-hetero) is 1. The summed E-state index contributed by atoms with van der Waals surface area (Å²) < 4.78 is 6.70. The lowest BCUT2D eigenvalue weighted by atomic mass is 10.1. The number of nitrogens with zero attached hydrogens (tertiary/aromatic N) is 4. The zero-order valence-electron chi connectivity index (χ0n) is 17.0. The van der Waals surface area contributed by atoms with Crippen molar-refractivity contribution >= 4 is 46.6 Å². The molecule has 0 unspecified atom stereocenters. The van der Waals surface area contributed by atoms with E-state index < -0.39 is 5.97 Å². The smallest absolute Gasteiger partial charge is 0.357 e. The maximum Gasteiger partial charge on any atom is 0.357 e. The third kappa shape index (κ3) is 5.01. The van der Waals surface area contributed by atoms with Gasteiger partial charge in [-0.05, 0) is 46.3 Å². The number of thioether (sulfide) groups is 1. The second kappa shape index (κ2) is 10.2. The number of esters is 1. The summed E-state index contributed by atoms with van der Waals surface area (Å²) in [6, 6.07) is 20.2. The standard InChI is InChI=1S/C23H18N4O3S2/c1-31-18-11-9-16(10-12-18)21(28)15-30-23(29)20(14-19-8-5-13-32-19)27-22(24-25-26-27)17-6-3-2-4-7-17/h2-14H,15H2,1H3/b20-14-. The van der Waals surface area contributed by atoms with Crippen LogP contribution in [0.3, 0.4) is 0 Å².